The maximum atomic E-state index is 13.7. The number of aromatic nitrogens is 3. The number of thioether (sulfide) groups is 1. The van der Waals surface area contributed by atoms with E-state index in [0.29, 0.717) is 29.2 Å². The lowest BCUT2D eigenvalue weighted by Crippen LogP contribution is -2.15. The van der Waals surface area contributed by atoms with E-state index in [1.54, 1.807) is 16.7 Å². The molecule has 1 aromatic heterocycles. The van der Waals surface area contributed by atoms with Crippen LogP contribution in [0.2, 0.25) is 0 Å². The van der Waals surface area contributed by atoms with E-state index in [4.69, 9.17) is 0 Å². The Hall–Kier alpha value is -3.60. The number of allylic oxidation sites excluding steroid dienone is 1. The number of benzene rings is 2. The van der Waals surface area contributed by atoms with Crippen molar-refractivity contribution in [3.05, 3.63) is 76.9 Å². The van der Waals surface area contributed by atoms with Gasteiger partial charge < -0.3 is 5.32 Å². The summed E-state index contributed by atoms with van der Waals surface area (Å²) in [5.41, 5.74) is 0.269. The van der Waals surface area contributed by atoms with E-state index in [2.05, 4.69) is 22.1 Å². The average molecular weight is 431 g/mol. The van der Waals surface area contributed by atoms with E-state index in [9.17, 15) is 23.7 Å². The van der Waals surface area contributed by atoms with Crippen LogP contribution in [0.1, 0.15) is 0 Å². The molecule has 2 aromatic carbocycles. The van der Waals surface area contributed by atoms with Gasteiger partial charge in [-0.05, 0) is 12.1 Å². The summed E-state index contributed by atoms with van der Waals surface area (Å²) in [4.78, 5) is 22.7. The Kier molecular flexibility index (Phi) is 6.52. The molecular formula is C19H15F2N5O3S. The summed E-state index contributed by atoms with van der Waals surface area (Å²) in [6, 6.07) is 8.79. The van der Waals surface area contributed by atoms with Gasteiger partial charge in [0, 0.05) is 30.3 Å². The summed E-state index contributed by atoms with van der Waals surface area (Å²) in [6.07, 6.45) is 1.60. The summed E-state index contributed by atoms with van der Waals surface area (Å²) in [5.74, 6) is -1.87. The Morgan fingerprint density at radius 2 is 2.07 bits per heavy atom. The van der Waals surface area contributed by atoms with Crippen molar-refractivity contribution in [2.75, 3.05) is 11.1 Å². The maximum absolute atomic E-state index is 13.7. The first-order valence-electron chi connectivity index (χ1n) is 8.55. The normalized spacial score (nSPS) is 10.6. The quantitative estimate of drug-likeness (QED) is 0.250. The number of carbonyl (C=O) groups is 1. The van der Waals surface area contributed by atoms with Gasteiger partial charge in [0.25, 0.3) is 5.69 Å². The fourth-order valence-electron chi connectivity index (χ4n) is 2.57. The molecule has 1 N–H and O–H groups in total. The van der Waals surface area contributed by atoms with Gasteiger partial charge in [0.05, 0.1) is 16.4 Å². The Morgan fingerprint density at radius 1 is 1.27 bits per heavy atom. The largest absolute Gasteiger partial charge is 0.323 e. The zero-order valence-electron chi connectivity index (χ0n) is 15.4. The third-order valence-electron chi connectivity index (χ3n) is 3.88. The van der Waals surface area contributed by atoms with Gasteiger partial charge in [-0.25, -0.2) is 8.78 Å². The molecular weight excluding hydrogens is 416 g/mol. The van der Waals surface area contributed by atoms with E-state index in [1.165, 1.54) is 18.2 Å². The number of non-ortho nitro benzene ring substituents is 1. The highest BCUT2D eigenvalue weighted by Crippen LogP contribution is 2.27. The van der Waals surface area contributed by atoms with E-state index < -0.39 is 22.5 Å². The lowest BCUT2D eigenvalue weighted by atomic mass is 10.2. The van der Waals surface area contributed by atoms with Crippen molar-refractivity contribution in [2.24, 2.45) is 0 Å². The highest BCUT2D eigenvalue weighted by atomic mass is 32.2. The number of hydrogen-bond acceptors (Lipinski definition) is 6. The fourth-order valence-corrected chi connectivity index (χ4v) is 3.32. The molecule has 154 valence electrons. The van der Waals surface area contributed by atoms with Gasteiger partial charge in [0.1, 0.15) is 11.6 Å². The van der Waals surface area contributed by atoms with E-state index >= 15 is 0 Å². The van der Waals surface area contributed by atoms with Crippen LogP contribution >= 0.6 is 11.8 Å². The van der Waals surface area contributed by atoms with E-state index in [-0.39, 0.29) is 17.1 Å². The summed E-state index contributed by atoms with van der Waals surface area (Å²) >= 11 is 1.05. The molecule has 1 heterocycles. The van der Waals surface area contributed by atoms with Crippen LogP contribution in [0.4, 0.5) is 20.2 Å². The van der Waals surface area contributed by atoms with Gasteiger partial charge in [0.2, 0.25) is 5.91 Å². The zero-order valence-corrected chi connectivity index (χ0v) is 16.2. The number of hydrogen-bond donors (Lipinski definition) is 1. The first-order chi connectivity index (χ1) is 14.4. The second-order valence-corrected chi connectivity index (χ2v) is 6.92. The number of amides is 1. The smallest absolute Gasteiger partial charge is 0.270 e. The van der Waals surface area contributed by atoms with Crippen LogP contribution < -0.4 is 5.32 Å². The van der Waals surface area contributed by atoms with Crippen LogP contribution in [0.15, 0.2) is 60.3 Å². The van der Waals surface area contributed by atoms with E-state index in [1.807, 2.05) is 0 Å². The third kappa shape index (κ3) is 4.87. The van der Waals surface area contributed by atoms with Crippen LogP contribution in [-0.2, 0) is 11.3 Å². The Morgan fingerprint density at radius 3 is 2.77 bits per heavy atom. The topological polar surface area (TPSA) is 103 Å². The zero-order chi connectivity index (χ0) is 21.7. The Balaban J connectivity index is 1.76. The summed E-state index contributed by atoms with van der Waals surface area (Å²) in [7, 11) is 0. The number of nitrogens with one attached hydrogen (secondary N) is 1. The number of carbonyl (C=O) groups excluding carboxylic acids is 1. The van der Waals surface area contributed by atoms with Crippen LogP contribution in [-0.4, -0.2) is 31.3 Å². The third-order valence-corrected chi connectivity index (χ3v) is 4.85. The van der Waals surface area contributed by atoms with Gasteiger partial charge in [-0.2, -0.15) is 0 Å². The standard InChI is InChI=1S/C19H15F2N5O3S/c1-2-8-25-18(12-4-3-5-14(9-12)26(28)29)23-24-19(25)30-11-17(27)22-16-7-6-13(20)10-15(16)21/h2-7,9-10H,1,8,11H2,(H,22,27). The minimum Gasteiger partial charge on any atom is -0.323 e. The number of halogens is 2. The molecule has 8 nitrogen and oxygen atoms in total. The van der Waals surface area contributed by atoms with Crippen LogP contribution in [0.25, 0.3) is 11.4 Å². The average Bonchev–Trinajstić information content (AvgIpc) is 3.11. The molecule has 0 unspecified atom stereocenters. The number of nitro benzene ring substituents is 1. The molecule has 30 heavy (non-hydrogen) atoms. The fraction of sp³-hybridized carbons (Fsp3) is 0.105. The van der Waals surface area contributed by atoms with Crippen molar-refractivity contribution >= 4 is 29.0 Å². The summed E-state index contributed by atoms with van der Waals surface area (Å²) < 4.78 is 28.3. The molecule has 0 aliphatic heterocycles. The van der Waals surface area contributed by atoms with Crippen molar-refractivity contribution in [3.8, 4) is 11.4 Å². The highest BCUT2D eigenvalue weighted by molar-refractivity contribution is 7.99. The monoisotopic (exact) mass is 431 g/mol. The summed E-state index contributed by atoms with van der Waals surface area (Å²) in [5, 5.41) is 21.9. The molecule has 0 saturated carbocycles. The van der Waals surface area contributed by atoms with Gasteiger partial charge in [-0.15, -0.1) is 16.8 Å². The van der Waals surface area contributed by atoms with Gasteiger partial charge in [-0.3, -0.25) is 19.5 Å². The molecule has 0 saturated heterocycles. The second-order valence-electron chi connectivity index (χ2n) is 5.97. The molecule has 0 spiro atoms. The molecule has 0 aliphatic rings. The second kappa shape index (κ2) is 9.27. The maximum Gasteiger partial charge on any atom is 0.270 e. The molecule has 0 atom stereocenters. The van der Waals surface area contributed by atoms with Gasteiger partial charge in [0.15, 0.2) is 11.0 Å². The molecule has 0 fully saturated rings. The van der Waals surface area contributed by atoms with Crippen LogP contribution in [0.5, 0.6) is 0 Å². The van der Waals surface area contributed by atoms with Crippen molar-refractivity contribution < 1.29 is 18.5 Å². The predicted molar refractivity (Wildman–Crippen MR) is 108 cm³/mol. The molecule has 3 rings (SSSR count). The molecule has 0 aliphatic carbocycles. The summed E-state index contributed by atoms with van der Waals surface area (Å²) in [6.45, 7) is 3.99. The van der Waals surface area contributed by atoms with Crippen molar-refractivity contribution in [1.29, 1.82) is 0 Å². The Labute approximate surface area is 173 Å². The Bertz CT molecular complexity index is 1120. The predicted octanol–water partition coefficient (Wildman–Crippen LogP) is 4.05. The number of nitrogens with zero attached hydrogens (tertiary/aromatic N) is 4. The highest BCUT2D eigenvalue weighted by Gasteiger charge is 2.17. The van der Waals surface area contributed by atoms with E-state index in [0.717, 1.165) is 23.9 Å². The molecule has 0 bridgehead atoms. The minimum absolute atomic E-state index is 0.0874. The van der Waals surface area contributed by atoms with Crippen LogP contribution in [0, 0.1) is 21.7 Å². The number of nitro groups is 1. The molecule has 11 heteroatoms. The molecule has 1 amide bonds. The minimum atomic E-state index is -0.879. The lowest BCUT2D eigenvalue weighted by molar-refractivity contribution is -0.384. The van der Waals surface area contributed by atoms with Gasteiger partial charge >= 0.3 is 0 Å². The SMILES string of the molecule is C=CCn1c(SCC(=O)Nc2ccc(F)cc2F)nnc1-c1cccc([N+](=O)[O-])c1. The number of rotatable bonds is 8. The lowest BCUT2D eigenvalue weighted by Gasteiger charge is -2.08. The molecule has 0 radical (unpaired) electrons. The molecule has 3 aromatic rings. The first kappa shape index (κ1) is 21.1. The van der Waals surface area contributed by atoms with Crippen molar-refractivity contribution in [1.82, 2.24) is 14.8 Å². The van der Waals surface area contributed by atoms with Gasteiger partial charge in [-0.1, -0.05) is 30.0 Å². The van der Waals surface area contributed by atoms with Crippen molar-refractivity contribution in [3.63, 3.8) is 0 Å². The number of anilines is 1. The first-order valence-corrected chi connectivity index (χ1v) is 9.54. The van der Waals surface area contributed by atoms with Crippen LogP contribution in [0.3, 0.4) is 0 Å². The van der Waals surface area contributed by atoms with Crippen molar-refractivity contribution in [2.45, 2.75) is 11.7 Å².